The Bertz CT molecular complexity index is 1130. The molecule has 0 aromatic carbocycles. The SMILES string of the molecule is C[C@]1(c2sc(-c3cncc(C#N)c3)cc2Cl)CS(=O)(=O)[C@@]2(CCOC2)C(N)=N1. The van der Waals surface area contributed by atoms with Crippen molar-refractivity contribution in [1.82, 2.24) is 4.98 Å². The van der Waals surface area contributed by atoms with Gasteiger partial charge in [-0.25, -0.2) is 8.42 Å². The second kappa shape index (κ2) is 6.52. The maximum atomic E-state index is 13.2. The number of nitriles is 1. The Morgan fingerprint density at radius 2 is 2.18 bits per heavy atom. The van der Waals surface area contributed by atoms with Crippen LogP contribution in [0, 0.1) is 11.3 Å². The van der Waals surface area contributed by atoms with Crippen molar-refractivity contribution in [2.75, 3.05) is 19.0 Å². The molecule has 2 aliphatic heterocycles. The number of aliphatic imine (C=N–C) groups is 1. The van der Waals surface area contributed by atoms with Crippen LogP contribution in [0.2, 0.25) is 5.02 Å². The molecule has 2 aromatic rings. The Morgan fingerprint density at radius 3 is 2.82 bits per heavy atom. The summed E-state index contributed by atoms with van der Waals surface area (Å²) in [6.45, 7) is 2.11. The lowest BCUT2D eigenvalue weighted by Crippen LogP contribution is -2.58. The fourth-order valence-corrected chi connectivity index (χ4v) is 7.64. The molecule has 0 radical (unpaired) electrons. The van der Waals surface area contributed by atoms with E-state index in [4.69, 9.17) is 27.3 Å². The van der Waals surface area contributed by atoms with Crippen molar-refractivity contribution >= 4 is 38.6 Å². The van der Waals surface area contributed by atoms with Gasteiger partial charge in [0.2, 0.25) is 0 Å². The zero-order valence-electron chi connectivity index (χ0n) is 15.0. The average Bonchev–Trinajstić information content (AvgIpc) is 3.28. The summed E-state index contributed by atoms with van der Waals surface area (Å²) in [4.78, 5) is 10.1. The lowest BCUT2D eigenvalue weighted by molar-refractivity contribution is 0.194. The van der Waals surface area contributed by atoms with Crippen molar-refractivity contribution < 1.29 is 13.2 Å². The van der Waals surface area contributed by atoms with Gasteiger partial charge < -0.3 is 10.5 Å². The number of nitrogens with zero attached hydrogens (tertiary/aromatic N) is 3. The number of amidine groups is 1. The summed E-state index contributed by atoms with van der Waals surface area (Å²) in [7, 11) is -3.60. The predicted octanol–water partition coefficient (Wildman–Crippen LogP) is 2.50. The highest BCUT2D eigenvalue weighted by atomic mass is 35.5. The number of hydrogen-bond acceptors (Lipinski definition) is 8. The van der Waals surface area contributed by atoms with E-state index < -0.39 is 20.1 Å². The molecule has 2 atom stereocenters. The molecular weight excluding hydrogens is 420 g/mol. The molecule has 2 N–H and O–H groups in total. The van der Waals surface area contributed by atoms with E-state index in [9.17, 15) is 8.42 Å². The van der Waals surface area contributed by atoms with Crippen LogP contribution in [0.3, 0.4) is 0 Å². The van der Waals surface area contributed by atoms with Crippen LogP contribution in [0.1, 0.15) is 23.8 Å². The molecule has 0 aliphatic carbocycles. The van der Waals surface area contributed by atoms with Gasteiger partial charge in [0.15, 0.2) is 14.6 Å². The summed E-state index contributed by atoms with van der Waals surface area (Å²) in [5, 5.41) is 9.49. The summed E-state index contributed by atoms with van der Waals surface area (Å²) in [5.41, 5.74) is 6.25. The number of aromatic nitrogens is 1. The van der Waals surface area contributed by atoms with Crippen LogP contribution in [0.4, 0.5) is 0 Å². The zero-order chi connectivity index (χ0) is 20.2. The Labute approximate surface area is 171 Å². The molecule has 7 nitrogen and oxygen atoms in total. The number of sulfone groups is 1. The molecule has 0 amide bonds. The Hall–Kier alpha value is -1.99. The first-order valence-electron chi connectivity index (χ1n) is 8.52. The monoisotopic (exact) mass is 436 g/mol. The lowest BCUT2D eigenvalue weighted by Gasteiger charge is -2.38. The minimum absolute atomic E-state index is 0.0385. The second-order valence-corrected chi connectivity index (χ2v) is 10.9. The van der Waals surface area contributed by atoms with Gasteiger partial charge >= 0.3 is 0 Å². The van der Waals surface area contributed by atoms with Gasteiger partial charge in [-0.05, 0) is 25.5 Å². The van der Waals surface area contributed by atoms with Crippen molar-refractivity contribution in [3.63, 3.8) is 0 Å². The first-order valence-corrected chi connectivity index (χ1v) is 11.4. The maximum Gasteiger partial charge on any atom is 0.168 e. The molecule has 0 unspecified atom stereocenters. The quantitative estimate of drug-likeness (QED) is 0.772. The van der Waals surface area contributed by atoms with Gasteiger partial charge in [-0.15, -0.1) is 11.3 Å². The van der Waals surface area contributed by atoms with Crippen LogP contribution in [0.5, 0.6) is 0 Å². The van der Waals surface area contributed by atoms with Gasteiger partial charge in [0, 0.05) is 29.4 Å². The fourth-order valence-electron chi connectivity index (χ4n) is 3.69. The van der Waals surface area contributed by atoms with E-state index in [1.165, 1.54) is 17.5 Å². The van der Waals surface area contributed by atoms with Gasteiger partial charge in [-0.3, -0.25) is 9.98 Å². The third-order valence-electron chi connectivity index (χ3n) is 5.21. The second-order valence-electron chi connectivity index (χ2n) is 7.19. The molecule has 1 saturated heterocycles. The van der Waals surface area contributed by atoms with Gasteiger partial charge in [0.05, 0.1) is 27.8 Å². The van der Waals surface area contributed by atoms with Crippen molar-refractivity contribution in [2.24, 2.45) is 10.7 Å². The smallest absolute Gasteiger partial charge is 0.168 e. The molecule has 0 saturated carbocycles. The van der Waals surface area contributed by atoms with Gasteiger partial charge in [0.25, 0.3) is 0 Å². The Balaban J connectivity index is 1.80. The molecule has 1 spiro atoms. The zero-order valence-corrected chi connectivity index (χ0v) is 17.4. The predicted molar refractivity (Wildman–Crippen MR) is 108 cm³/mol. The molecular formula is C18H17ClN4O3S2. The lowest BCUT2D eigenvalue weighted by atomic mass is 10.0. The average molecular weight is 437 g/mol. The molecule has 10 heteroatoms. The highest BCUT2D eigenvalue weighted by Crippen LogP contribution is 2.47. The number of rotatable bonds is 2. The van der Waals surface area contributed by atoms with Gasteiger partial charge in [-0.1, -0.05) is 11.6 Å². The molecule has 0 bridgehead atoms. The fraction of sp³-hybridized carbons (Fsp3) is 0.389. The molecule has 1 fully saturated rings. The minimum Gasteiger partial charge on any atom is -0.386 e. The van der Waals surface area contributed by atoms with Crippen molar-refractivity contribution in [3.8, 4) is 16.5 Å². The third kappa shape index (κ3) is 2.83. The van der Waals surface area contributed by atoms with Gasteiger partial charge in [-0.2, -0.15) is 5.26 Å². The summed E-state index contributed by atoms with van der Waals surface area (Å²) in [5.74, 6) is -0.113. The topological polar surface area (TPSA) is 118 Å². The van der Waals surface area contributed by atoms with Crippen molar-refractivity contribution in [3.05, 3.63) is 40.0 Å². The van der Waals surface area contributed by atoms with Crippen molar-refractivity contribution in [2.45, 2.75) is 23.6 Å². The minimum atomic E-state index is -3.60. The number of halogens is 1. The molecule has 2 aromatic heterocycles. The highest BCUT2D eigenvalue weighted by molar-refractivity contribution is 7.93. The maximum absolute atomic E-state index is 13.2. The van der Waals surface area contributed by atoms with Crippen molar-refractivity contribution in [1.29, 1.82) is 5.26 Å². The van der Waals surface area contributed by atoms with Crippen LogP contribution < -0.4 is 5.73 Å². The largest absolute Gasteiger partial charge is 0.386 e. The van der Waals surface area contributed by atoms with E-state index in [-0.39, 0.29) is 18.2 Å². The molecule has 28 heavy (non-hydrogen) atoms. The third-order valence-corrected chi connectivity index (χ3v) is 9.72. The number of nitrogens with two attached hydrogens (primary N) is 1. The van der Waals surface area contributed by atoms with E-state index in [0.717, 1.165) is 10.4 Å². The first kappa shape index (κ1) is 19.3. The molecule has 2 aliphatic rings. The van der Waals surface area contributed by atoms with E-state index in [2.05, 4.69) is 16.0 Å². The van der Waals surface area contributed by atoms with Crippen LogP contribution >= 0.6 is 22.9 Å². The summed E-state index contributed by atoms with van der Waals surface area (Å²) in [6, 6.07) is 5.51. The number of pyridine rings is 1. The summed E-state index contributed by atoms with van der Waals surface area (Å²) < 4.78 is 30.4. The summed E-state index contributed by atoms with van der Waals surface area (Å²) >= 11 is 7.81. The highest BCUT2D eigenvalue weighted by Gasteiger charge is 2.57. The van der Waals surface area contributed by atoms with Gasteiger partial charge in [0.1, 0.15) is 17.4 Å². The van der Waals surface area contributed by atoms with Crippen LogP contribution in [0.15, 0.2) is 29.5 Å². The Kier molecular flexibility index (Phi) is 4.50. The van der Waals surface area contributed by atoms with Crippen LogP contribution in [-0.2, 0) is 20.1 Å². The Morgan fingerprint density at radius 1 is 1.39 bits per heavy atom. The van der Waals surface area contributed by atoms with E-state index in [0.29, 0.717) is 28.5 Å². The van der Waals surface area contributed by atoms with E-state index >= 15 is 0 Å². The van der Waals surface area contributed by atoms with E-state index in [1.807, 2.05) is 0 Å². The number of hydrogen-bond donors (Lipinski definition) is 1. The summed E-state index contributed by atoms with van der Waals surface area (Å²) in [6.07, 6.45) is 3.43. The number of thiophene rings is 1. The first-order chi connectivity index (χ1) is 13.2. The van der Waals surface area contributed by atoms with Crippen LogP contribution in [0.25, 0.3) is 10.4 Å². The van der Waals surface area contributed by atoms with E-state index in [1.54, 1.807) is 25.3 Å². The molecule has 4 heterocycles. The molecule has 146 valence electrons. The standard InChI is InChI=1S/C18H17ClN4O3S2/c1-17(10-28(24,25)18(16(21)23-17)2-3-26-9-18)15-13(19)5-14(27-15)12-4-11(6-20)7-22-8-12/h4-5,7-8H,2-3,9-10H2,1H3,(H2,21,23)/t17-,18-/m1/s1. The van der Waals surface area contributed by atoms with Crippen LogP contribution in [-0.4, -0.2) is 43.0 Å². The normalized spacial score (nSPS) is 28.8. The molecule has 4 rings (SSSR count). The number of ether oxygens (including phenoxy) is 1.